The Labute approximate surface area is 161 Å². The van der Waals surface area contributed by atoms with Gasteiger partial charge < -0.3 is 0 Å². The van der Waals surface area contributed by atoms with E-state index in [9.17, 15) is 13.0 Å². The van der Waals surface area contributed by atoms with Gasteiger partial charge in [0.05, 0.1) is 0 Å². The average molecular weight is 343 g/mol. The van der Waals surface area contributed by atoms with Crippen molar-refractivity contribution in [3.05, 3.63) is 42.0 Å². The van der Waals surface area contributed by atoms with Crippen molar-refractivity contribution in [3.8, 4) is 0 Å². The molecule has 0 atom stereocenters. The van der Waals surface area contributed by atoms with Crippen LogP contribution in [0.25, 0.3) is 10.8 Å². The molecule has 2 rings (SSSR count). The van der Waals surface area contributed by atoms with Gasteiger partial charge in [0.2, 0.25) is 0 Å². The van der Waals surface area contributed by atoms with Crippen molar-refractivity contribution >= 4 is 50.4 Å². The molecule has 0 saturated carbocycles. The van der Waals surface area contributed by atoms with Gasteiger partial charge in [-0.05, 0) is 23.8 Å². The van der Waals surface area contributed by atoms with Crippen LogP contribution < -0.4 is 0 Å². The van der Waals surface area contributed by atoms with Crippen molar-refractivity contribution in [1.29, 1.82) is 0 Å². The minimum atomic E-state index is -4.21. The van der Waals surface area contributed by atoms with Gasteiger partial charge in [0.25, 0.3) is 10.1 Å². The topological polar surface area (TPSA) is 54.4 Å². The maximum absolute atomic E-state index is 11.8. The molecule has 2 aromatic rings. The van der Waals surface area contributed by atoms with Crippen LogP contribution in [0.15, 0.2) is 41.3 Å². The first-order chi connectivity index (χ1) is 10.5. The smallest absolute Gasteiger partial charge is 0.282 e. The van der Waals surface area contributed by atoms with Crippen LogP contribution in [-0.4, -0.2) is 42.5 Å². The van der Waals surface area contributed by atoms with Crippen molar-refractivity contribution in [2.45, 2.75) is 56.8 Å². The van der Waals surface area contributed by atoms with E-state index < -0.39 is 10.1 Å². The summed E-state index contributed by atoms with van der Waals surface area (Å²) < 4.78 is 33.2. The molecule has 0 amide bonds. The summed E-state index contributed by atoms with van der Waals surface area (Å²) in [4.78, 5) is 0.0826. The first-order valence-electron chi connectivity index (χ1n) is 8.02. The Morgan fingerprint density at radius 3 is 2.26 bits per heavy atom. The summed E-state index contributed by atoms with van der Waals surface area (Å²) in [6, 6.07) is 11.0. The van der Waals surface area contributed by atoms with Crippen LogP contribution >= 0.6 is 0 Å². The predicted octanol–water partition coefficient (Wildman–Crippen LogP) is 4.61. The Morgan fingerprint density at radius 1 is 0.913 bits per heavy atom. The van der Waals surface area contributed by atoms with Crippen molar-refractivity contribution < 1.29 is 13.0 Å². The van der Waals surface area contributed by atoms with Crippen LogP contribution in [0.4, 0.5) is 0 Å². The summed E-state index contributed by atoms with van der Waals surface area (Å²) in [5.41, 5.74) is 0.719. The fraction of sp³-hybridized carbons (Fsp3) is 0.444. The molecule has 0 fully saturated rings. The molecule has 0 heterocycles. The molecule has 1 N–H and O–H groups in total. The molecule has 0 aliphatic heterocycles. The number of aryl methyl sites for hydroxylation is 1. The largest absolute Gasteiger partial charge is 0.295 e. The third-order valence-electron chi connectivity index (χ3n) is 4.02. The maximum atomic E-state index is 11.8. The Kier molecular flexibility index (Phi) is 8.80. The Balaban J connectivity index is 0.00000264. The standard InChI is InChI=1S/C18H24O3S.Na/c1-2-3-4-5-6-7-11-16-14-13-15-10-8-9-12-17(15)18(16)22(19,20)21;/h8-10,12-14H,2-7,11H2,1H3,(H,19,20,21);. The summed E-state index contributed by atoms with van der Waals surface area (Å²) >= 11 is 0. The minimum absolute atomic E-state index is 0. The first-order valence-corrected chi connectivity index (χ1v) is 9.46. The van der Waals surface area contributed by atoms with Crippen LogP contribution in [0, 0.1) is 0 Å². The van der Waals surface area contributed by atoms with E-state index in [2.05, 4.69) is 6.92 Å². The Hall–Kier alpha value is -0.390. The van der Waals surface area contributed by atoms with Gasteiger partial charge in [0, 0.05) is 34.9 Å². The SMILES string of the molecule is CCCCCCCCc1ccc2ccccc2c1S(=O)(=O)O.[Na]. The minimum Gasteiger partial charge on any atom is -0.282 e. The van der Waals surface area contributed by atoms with E-state index in [1.54, 1.807) is 12.1 Å². The maximum Gasteiger partial charge on any atom is 0.295 e. The molecule has 3 nitrogen and oxygen atoms in total. The molecule has 23 heavy (non-hydrogen) atoms. The molecule has 0 unspecified atom stereocenters. The molecule has 0 aromatic heterocycles. The number of fused-ring (bicyclic) bond motifs is 1. The van der Waals surface area contributed by atoms with E-state index in [1.807, 2.05) is 24.3 Å². The second-order valence-corrected chi connectivity index (χ2v) is 7.13. The molecule has 0 spiro atoms. The van der Waals surface area contributed by atoms with E-state index in [4.69, 9.17) is 0 Å². The second kappa shape index (κ2) is 9.80. The number of hydrogen-bond acceptors (Lipinski definition) is 2. The summed E-state index contributed by atoms with van der Waals surface area (Å²) in [5, 5.41) is 1.44. The van der Waals surface area contributed by atoms with Gasteiger partial charge in [-0.15, -0.1) is 0 Å². The average Bonchev–Trinajstić information content (AvgIpc) is 2.49. The van der Waals surface area contributed by atoms with Crippen LogP contribution in [0.5, 0.6) is 0 Å². The number of rotatable bonds is 8. The number of hydrogen-bond donors (Lipinski definition) is 1. The molecule has 0 saturated heterocycles. The molecule has 2 aromatic carbocycles. The van der Waals surface area contributed by atoms with Gasteiger partial charge in [0.1, 0.15) is 4.90 Å². The number of benzene rings is 2. The first kappa shape index (κ1) is 20.7. The van der Waals surface area contributed by atoms with Crippen molar-refractivity contribution in [3.63, 3.8) is 0 Å². The van der Waals surface area contributed by atoms with E-state index in [-0.39, 0.29) is 34.5 Å². The van der Waals surface area contributed by atoms with E-state index >= 15 is 0 Å². The zero-order chi connectivity index (χ0) is 16.0. The summed E-state index contributed by atoms with van der Waals surface area (Å²) in [5.74, 6) is 0. The summed E-state index contributed by atoms with van der Waals surface area (Å²) in [7, 11) is -4.21. The monoisotopic (exact) mass is 343 g/mol. The van der Waals surface area contributed by atoms with Crippen LogP contribution in [0.2, 0.25) is 0 Å². The Morgan fingerprint density at radius 2 is 1.57 bits per heavy atom. The Bertz CT molecular complexity index is 726. The van der Waals surface area contributed by atoms with Gasteiger partial charge in [-0.2, -0.15) is 8.42 Å². The fourth-order valence-corrected chi connectivity index (χ4v) is 3.85. The normalized spacial score (nSPS) is 11.4. The predicted molar refractivity (Wildman–Crippen MR) is 96.6 cm³/mol. The third-order valence-corrected chi connectivity index (χ3v) is 5.02. The second-order valence-electron chi connectivity index (χ2n) is 5.77. The number of unbranched alkanes of at least 4 members (excludes halogenated alkanes) is 5. The van der Waals surface area contributed by atoms with E-state index in [1.165, 1.54) is 25.7 Å². The fourth-order valence-electron chi connectivity index (χ4n) is 2.89. The van der Waals surface area contributed by atoms with Crippen LogP contribution in [0.1, 0.15) is 51.0 Å². The molecule has 121 valence electrons. The molecule has 0 aliphatic rings. The van der Waals surface area contributed by atoms with E-state index in [0.717, 1.165) is 23.8 Å². The van der Waals surface area contributed by atoms with E-state index in [0.29, 0.717) is 11.8 Å². The van der Waals surface area contributed by atoms with Gasteiger partial charge >= 0.3 is 0 Å². The molecule has 0 aliphatic carbocycles. The van der Waals surface area contributed by atoms with Gasteiger partial charge in [-0.1, -0.05) is 75.4 Å². The van der Waals surface area contributed by atoms with Gasteiger partial charge in [-0.25, -0.2) is 0 Å². The van der Waals surface area contributed by atoms with Crippen LogP contribution in [-0.2, 0) is 16.5 Å². The molecular weight excluding hydrogens is 319 g/mol. The molecule has 0 bridgehead atoms. The van der Waals surface area contributed by atoms with Crippen molar-refractivity contribution in [1.82, 2.24) is 0 Å². The van der Waals surface area contributed by atoms with Gasteiger partial charge in [-0.3, -0.25) is 4.55 Å². The molecular formula is C18H24NaO3S. The van der Waals surface area contributed by atoms with Crippen molar-refractivity contribution in [2.24, 2.45) is 0 Å². The molecule has 5 heteroatoms. The quantitative estimate of drug-likeness (QED) is 0.433. The third kappa shape index (κ3) is 5.87. The summed E-state index contributed by atoms with van der Waals surface area (Å²) in [6.45, 7) is 2.19. The zero-order valence-corrected chi connectivity index (χ0v) is 16.9. The zero-order valence-electron chi connectivity index (χ0n) is 14.1. The van der Waals surface area contributed by atoms with Gasteiger partial charge in [0.15, 0.2) is 0 Å². The van der Waals surface area contributed by atoms with Crippen LogP contribution in [0.3, 0.4) is 0 Å². The molecule has 1 radical (unpaired) electrons. The summed E-state index contributed by atoms with van der Waals surface area (Å²) in [6.07, 6.45) is 7.63. The van der Waals surface area contributed by atoms with Crippen molar-refractivity contribution in [2.75, 3.05) is 0 Å².